The molecule has 36 heavy (non-hydrogen) atoms. The molecule has 0 aliphatic carbocycles. The molecular weight excluding hydrogens is 466 g/mol. The Morgan fingerprint density at radius 2 is 1.58 bits per heavy atom. The summed E-state index contributed by atoms with van der Waals surface area (Å²) in [5.41, 5.74) is -0.516. The van der Waals surface area contributed by atoms with Crippen LogP contribution in [0.15, 0.2) is 42.7 Å². The molecular formula is C26H37N3O7. The van der Waals surface area contributed by atoms with E-state index in [0.717, 1.165) is 5.56 Å². The van der Waals surface area contributed by atoms with Gasteiger partial charge in [0.15, 0.2) is 0 Å². The molecule has 0 fully saturated rings. The fourth-order valence-corrected chi connectivity index (χ4v) is 3.33. The van der Waals surface area contributed by atoms with Crippen molar-refractivity contribution in [2.24, 2.45) is 0 Å². The molecule has 2 rings (SSSR count). The number of rotatable bonds is 8. The van der Waals surface area contributed by atoms with E-state index in [-0.39, 0.29) is 26.1 Å². The van der Waals surface area contributed by atoms with Gasteiger partial charge in [-0.05, 0) is 59.9 Å². The lowest BCUT2D eigenvalue weighted by atomic mass is 10.1. The third kappa shape index (κ3) is 9.97. The number of esters is 1. The second kappa shape index (κ2) is 12.4. The Labute approximate surface area is 212 Å². The van der Waals surface area contributed by atoms with Crippen LogP contribution in [0.3, 0.4) is 0 Å². The first-order valence-electron chi connectivity index (χ1n) is 11.9. The zero-order valence-electron chi connectivity index (χ0n) is 21.9. The number of amides is 3. The topological polar surface area (TPSA) is 114 Å². The second-order valence-corrected chi connectivity index (χ2v) is 10.4. The number of hydrogen-bond acceptors (Lipinski definition) is 7. The van der Waals surface area contributed by atoms with E-state index in [1.54, 1.807) is 41.5 Å². The molecule has 0 radical (unpaired) electrons. The fourth-order valence-electron chi connectivity index (χ4n) is 3.33. The molecule has 0 spiro atoms. The summed E-state index contributed by atoms with van der Waals surface area (Å²) in [6.45, 7) is 10.5. The van der Waals surface area contributed by atoms with Gasteiger partial charge in [0.25, 0.3) is 0 Å². The van der Waals surface area contributed by atoms with Gasteiger partial charge in [-0.3, -0.25) is 14.5 Å². The second-order valence-electron chi connectivity index (χ2n) is 10.4. The summed E-state index contributed by atoms with van der Waals surface area (Å²) < 4.78 is 15.9. The average Bonchev–Trinajstić information content (AvgIpc) is 2.75. The summed E-state index contributed by atoms with van der Waals surface area (Å²) in [7, 11) is 0. The maximum absolute atomic E-state index is 13.2. The first-order chi connectivity index (χ1) is 16.7. The maximum Gasteiger partial charge on any atom is 0.414 e. The summed E-state index contributed by atoms with van der Waals surface area (Å²) in [4.78, 5) is 52.7. The van der Waals surface area contributed by atoms with Crippen molar-refractivity contribution in [3.05, 3.63) is 48.3 Å². The van der Waals surface area contributed by atoms with Gasteiger partial charge in [-0.2, -0.15) is 0 Å². The van der Waals surface area contributed by atoms with Crippen LogP contribution in [0.5, 0.6) is 0 Å². The third-order valence-electron chi connectivity index (χ3n) is 4.77. The van der Waals surface area contributed by atoms with Crippen LogP contribution in [0.1, 0.15) is 59.9 Å². The molecule has 198 valence electrons. The Balaban J connectivity index is 2.06. The van der Waals surface area contributed by atoms with Gasteiger partial charge in [-0.25, -0.2) is 9.59 Å². The lowest BCUT2D eigenvalue weighted by Gasteiger charge is -2.35. The highest BCUT2D eigenvalue weighted by atomic mass is 16.6. The normalized spacial score (nSPS) is 15.9. The quantitative estimate of drug-likeness (QED) is 0.324. The van der Waals surface area contributed by atoms with Crippen molar-refractivity contribution < 1.29 is 33.4 Å². The van der Waals surface area contributed by atoms with Crippen molar-refractivity contribution in [3.63, 3.8) is 0 Å². The van der Waals surface area contributed by atoms with Crippen molar-refractivity contribution in [2.75, 3.05) is 13.1 Å². The van der Waals surface area contributed by atoms with Gasteiger partial charge in [0.2, 0.25) is 5.91 Å². The Morgan fingerprint density at radius 3 is 2.19 bits per heavy atom. The minimum atomic E-state index is -0.916. The van der Waals surface area contributed by atoms with Crippen LogP contribution < -0.4 is 5.32 Å². The van der Waals surface area contributed by atoms with Gasteiger partial charge >= 0.3 is 18.2 Å². The van der Waals surface area contributed by atoms with E-state index in [4.69, 9.17) is 14.2 Å². The van der Waals surface area contributed by atoms with Crippen molar-refractivity contribution in [2.45, 2.75) is 78.2 Å². The number of carbonyl (C=O) groups excluding carboxylic acids is 4. The molecule has 1 atom stereocenters. The van der Waals surface area contributed by atoms with Crippen LogP contribution in [0.4, 0.5) is 9.59 Å². The summed E-state index contributed by atoms with van der Waals surface area (Å²) in [5, 5.41) is 2.64. The Hall–Kier alpha value is -3.56. The summed E-state index contributed by atoms with van der Waals surface area (Å²) >= 11 is 0. The Bertz CT molecular complexity index is 949. The predicted octanol–water partition coefficient (Wildman–Crippen LogP) is 3.95. The molecule has 1 heterocycles. The number of carbonyl (C=O) groups is 4. The highest BCUT2D eigenvalue weighted by Crippen LogP contribution is 2.20. The summed E-state index contributed by atoms with van der Waals surface area (Å²) in [6, 6.07) is 8.27. The molecule has 1 aromatic rings. The Kier molecular flexibility index (Phi) is 9.89. The van der Waals surface area contributed by atoms with E-state index in [1.165, 1.54) is 22.2 Å². The molecule has 1 aliphatic rings. The monoisotopic (exact) mass is 503 g/mol. The van der Waals surface area contributed by atoms with Crippen molar-refractivity contribution in [3.8, 4) is 0 Å². The number of nitrogens with zero attached hydrogens (tertiary/aromatic N) is 2. The van der Waals surface area contributed by atoms with Crippen LogP contribution in [0, 0.1) is 0 Å². The molecule has 0 saturated heterocycles. The average molecular weight is 504 g/mol. The molecule has 1 aliphatic heterocycles. The summed E-state index contributed by atoms with van der Waals surface area (Å²) in [5.74, 6) is -1.01. The smallest absolute Gasteiger partial charge is 0.414 e. The fraction of sp³-hybridized carbons (Fsp3) is 0.538. The van der Waals surface area contributed by atoms with Gasteiger partial charge in [0.05, 0.1) is 0 Å². The standard InChI is InChI=1S/C26H37N3O7/c1-25(2,3)35-21(30)17-28-15-16-29(24(33)34-18-19-11-8-7-9-12-19)20(22(28)31)13-10-14-27-23(32)36-26(4,5)6/h7-9,11-12,15-16,20H,10,13-14,17-18H2,1-6H3,(H,27,32)/t20-/m1/s1. The van der Waals surface area contributed by atoms with E-state index >= 15 is 0 Å². The van der Waals surface area contributed by atoms with Crippen LogP contribution in [0.25, 0.3) is 0 Å². The zero-order chi connectivity index (χ0) is 26.9. The van der Waals surface area contributed by atoms with Crippen molar-refractivity contribution >= 4 is 24.1 Å². The zero-order valence-corrected chi connectivity index (χ0v) is 21.9. The minimum absolute atomic E-state index is 0.0484. The highest BCUT2D eigenvalue weighted by molar-refractivity contribution is 5.90. The lowest BCUT2D eigenvalue weighted by molar-refractivity contribution is -0.158. The number of nitrogens with one attached hydrogen (secondary N) is 1. The van der Waals surface area contributed by atoms with Crippen molar-refractivity contribution in [1.29, 1.82) is 0 Å². The molecule has 0 aromatic heterocycles. The molecule has 3 amide bonds. The molecule has 0 unspecified atom stereocenters. The minimum Gasteiger partial charge on any atom is -0.459 e. The van der Waals surface area contributed by atoms with Gasteiger partial charge in [0.1, 0.15) is 30.4 Å². The van der Waals surface area contributed by atoms with E-state index < -0.39 is 41.3 Å². The van der Waals surface area contributed by atoms with E-state index in [2.05, 4.69) is 5.32 Å². The van der Waals surface area contributed by atoms with Crippen LogP contribution >= 0.6 is 0 Å². The van der Waals surface area contributed by atoms with Crippen molar-refractivity contribution in [1.82, 2.24) is 15.1 Å². The van der Waals surface area contributed by atoms with E-state index in [9.17, 15) is 19.2 Å². The van der Waals surface area contributed by atoms with Gasteiger partial charge in [-0.15, -0.1) is 0 Å². The molecule has 0 bridgehead atoms. The molecule has 1 N–H and O–H groups in total. The highest BCUT2D eigenvalue weighted by Gasteiger charge is 2.36. The van der Waals surface area contributed by atoms with Gasteiger partial charge in [0, 0.05) is 18.9 Å². The largest absolute Gasteiger partial charge is 0.459 e. The first-order valence-corrected chi connectivity index (χ1v) is 11.9. The van der Waals surface area contributed by atoms with E-state index in [1.807, 2.05) is 30.3 Å². The molecule has 0 saturated carbocycles. The number of ether oxygens (including phenoxy) is 3. The van der Waals surface area contributed by atoms with Gasteiger partial charge in [-0.1, -0.05) is 30.3 Å². The van der Waals surface area contributed by atoms with Crippen LogP contribution in [-0.4, -0.2) is 64.2 Å². The summed E-state index contributed by atoms with van der Waals surface area (Å²) in [6.07, 6.45) is 2.14. The molecule has 1 aromatic carbocycles. The third-order valence-corrected chi connectivity index (χ3v) is 4.77. The lowest BCUT2D eigenvalue weighted by Crippen LogP contribution is -2.52. The maximum atomic E-state index is 13.2. The van der Waals surface area contributed by atoms with Crippen LogP contribution in [0.2, 0.25) is 0 Å². The molecule has 10 heteroatoms. The van der Waals surface area contributed by atoms with E-state index in [0.29, 0.717) is 6.42 Å². The van der Waals surface area contributed by atoms with Gasteiger partial charge < -0.3 is 24.4 Å². The SMILES string of the molecule is CC(C)(C)OC(=O)CN1C=CN(C(=O)OCc2ccccc2)[C@H](CCCNC(=O)OC(C)(C)C)C1=O. The predicted molar refractivity (Wildman–Crippen MR) is 132 cm³/mol. The first kappa shape index (κ1) is 28.7. The Morgan fingerprint density at radius 1 is 0.944 bits per heavy atom. The number of benzene rings is 1. The molecule has 10 nitrogen and oxygen atoms in total. The van der Waals surface area contributed by atoms with Crippen LogP contribution in [-0.2, 0) is 30.4 Å². The number of alkyl carbamates (subject to hydrolysis) is 1. The number of hydrogen-bond donors (Lipinski definition) is 1.